The van der Waals surface area contributed by atoms with Gasteiger partial charge >= 0.3 is 0 Å². The molecule has 4 aromatic rings. The number of benzene rings is 3. The second-order valence-corrected chi connectivity index (χ2v) is 7.32. The van der Waals surface area contributed by atoms with Gasteiger partial charge in [0.25, 0.3) is 0 Å². The molecule has 28 heavy (non-hydrogen) atoms. The van der Waals surface area contributed by atoms with Gasteiger partial charge in [-0.25, -0.2) is 4.68 Å². The fourth-order valence-electron chi connectivity index (χ4n) is 3.35. The molecule has 0 saturated heterocycles. The molecule has 1 N–H and O–H groups in total. The Hall–Kier alpha value is -2.89. The van der Waals surface area contributed by atoms with Crippen LogP contribution in [-0.2, 0) is 12.0 Å². The maximum absolute atomic E-state index is 14.3. The first-order valence-corrected chi connectivity index (χ1v) is 9.40. The normalized spacial score (nSPS) is 13.4. The van der Waals surface area contributed by atoms with Crippen molar-refractivity contribution in [1.29, 1.82) is 0 Å². The molecule has 1 aromatic heterocycles. The summed E-state index contributed by atoms with van der Waals surface area (Å²) in [4.78, 5) is 0. The van der Waals surface area contributed by atoms with Crippen molar-refractivity contribution < 1.29 is 9.50 Å². The zero-order valence-corrected chi connectivity index (χ0v) is 16.2. The molecule has 4 rings (SSSR count). The molecule has 0 amide bonds. The van der Waals surface area contributed by atoms with Crippen LogP contribution in [0, 0.1) is 6.92 Å². The highest BCUT2D eigenvalue weighted by atomic mass is 32.1. The molecule has 0 saturated carbocycles. The Bertz CT molecular complexity index is 1140. The minimum absolute atomic E-state index is 0.0704. The fraction of sp³-hybridized carbons (Fsp3) is 0.130. The third-order valence-electron chi connectivity index (χ3n) is 4.95. The van der Waals surface area contributed by atoms with E-state index in [-0.39, 0.29) is 6.42 Å². The summed E-state index contributed by atoms with van der Waals surface area (Å²) in [5.74, 6) is 0. The van der Waals surface area contributed by atoms with Gasteiger partial charge in [0.1, 0.15) is 0 Å². The molecule has 5 heteroatoms. The van der Waals surface area contributed by atoms with E-state index in [2.05, 4.69) is 5.10 Å². The Labute approximate surface area is 168 Å². The predicted octanol–water partition coefficient (Wildman–Crippen LogP) is 5.06. The molecule has 0 aliphatic rings. The zero-order chi connectivity index (χ0) is 19.7. The first kappa shape index (κ1) is 18.5. The molecule has 0 aliphatic carbocycles. The highest BCUT2D eigenvalue weighted by Gasteiger charge is 2.35. The molecule has 1 heterocycles. The summed E-state index contributed by atoms with van der Waals surface area (Å²) in [5, 5.41) is 15.4. The Morgan fingerprint density at radius 1 is 1.07 bits per heavy atom. The predicted molar refractivity (Wildman–Crippen MR) is 114 cm³/mol. The quantitative estimate of drug-likeness (QED) is 0.382. The third-order valence-corrected chi connectivity index (χ3v) is 5.29. The summed E-state index contributed by atoms with van der Waals surface area (Å²) in [7, 11) is 0. The lowest BCUT2D eigenvalue weighted by molar-refractivity contribution is 0.104. The van der Waals surface area contributed by atoms with Crippen molar-refractivity contribution >= 4 is 28.2 Å². The van der Waals surface area contributed by atoms with Gasteiger partial charge in [-0.1, -0.05) is 54.1 Å². The lowest BCUT2D eigenvalue weighted by Gasteiger charge is -2.26. The second kappa shape index (κ2) is 7.26. The number of aryl methyl sites for hydroxylation is 1. The van der Waals surface area contributed by atoms with Crippen molar-refractivity contribution in [2.75, 3.05) is 0 Å². The Balaban J connectivity index is 1.75. The largest absolute Gasteiger partial charge is 0.377 e. The molecule has 0 bridgehead atoms. The molecular weight excluding hydrogens is 371 g/mol. The van der Waals surface area contributed by atoms with E-state index in [1.165, 1.54) is 0 Å². The number of hydrogen-bond donors (Lipinski definition) is 1. The monoisotopic (exact) mass is 390 g/mol. The van der Waals surface area contributed by atoms with Crippen molar-refractivity contribution in [3.05, 3.63) is 95.7 Å². The van der Waals surface area contributed by atoms with Crippen LogP contribution in [0.5, 0.6) is 0 Å². The number of rotatable bonds is 5. The highest BCUT2D eigenvalue weighted by molar-refractivity contribution is 7.80. The van der Waals surface area contributed by atoms with Gasteiger partial charge in [-0.2, -0.15) is 9.49 Å². The number of thiocarbonyl (C=S) groups is 1. The van der Waals surface area contributed by atoms with Crippen LogP contribution in [0.4, 0.5) is 4.39 Å². The molecule has 140 valence electrons. The molecule has 1 atom stereocenters. The number of para-hydroxylation sites is 1. The Morgan fingerprint density at radius 3 is 2.46 bits per heavy atom. The van der Waals surface area contributed by atoms with Gasteiger partial charge in [0.15, 0.2) is 10.7 Å². The van der Waals surface area contributed by atoms with Crippen LogP contribution < -0.4 is 0 Å². The second-order valence-electron chi connectivity index (χ2n) is 6.96. The van der Waals surface area contributed by atoms with E-state index in [1.807, 2.05) is 72.3 Å². The van der Waals surface area contributed by atoms with Crippen LogP contribution in [0.15, 0.2) is 79.0 Å². The summed E-state index contributed by atoms with van der Waals surface area (Å²) in [6.07, 6.45) is 1.78. The molecule has 0 radical (unpaired) electrons. The number of fused-ring (bicyclic) bond motifs is 1. The molecule has 3 aromatic carbocycles. The summed E-state index contributed by atoms with van der Waals surface area (Å²) < 4.78 is 16.1. The fourth-order valence-corrected chi connectivity index (χ4v) is 3.54. The minimum Gasteiger partial charge on any atom is -0.377 e. The van der Waals surface area contributed by atoms with Crippen LogP contribution in [0.3, 0.4) is 0 Å². The average molecular weight is 390 g/mol. The van der Waals surface area contributed by atoms with Crippen LogP contribution in [-0.4, -0.2) is 20.0 Å². The molecule has 0 spiro atoms. The number of hydrogen-bond acceptors (Lipinski definition) is 3. The third kappa shape index (κ3) is 3.35. The summed E-state index contributed by atoms with van der Waals surface area (Å²) in [6, 6.07) is 22.7. The van der Waals surface area contributed by atoms with Gasteiger partial charge in [0.2, 0.25) is 0 Å². The van der Waals surface area contributed by atoms with Crippen LogP contribution in [0.1, 0.15) is 16.7 Å². The summed E-state index contributed by atoms with van der Waals surface area (Å²) in [6.45, 7) is 1.98. The van der Waals surface area contributed by atoms with E-state index in [1.54, 1.807) is 18.3 Å². The topological polar surface area (TPSA) is 38.1 Å². The molecular formula is C23H19FN2OS. The van der Waals surface area contributed by atoms with E-state index in [0.717, 1.165) is 27.7 Å². The molecule has 1 unspecified atom stereocenters. The number of aromatic nitrogens is 2. The van der Waals surface area contributed by atoms with Crippen molar-refractivity contribution in [3.63, 3.8) is 0 Å². The van der Waals surface area contributed by atoms with Gasteiger partial charge in [-0.15, -0.1) is 0 Å². The first-order chi connectivity index (χ1) is 13.5. The number of halogens is 1. The minimum atomic E-state index is -1.87. The van der Waals surface area contributed by atoms with Gasteiger partial charge in [0, 0.05) is 11.8 Å². The van der Waals surface area contributed by atoms with Gasteiger partial charge in [-0.3, -0.25) is 0 Å². The molecule has 0 aliphatic heterocycles. The van der Waals surface area contributed by atoms with Crippen LogP contribution in [0.2, 0.25) is 0 Å². The SMILES string of the molecule is Cc1ccc(CC(O)(C(F)=S)c2ccc3c(cnn3-c3ccccc3)c2)cc1. The maximum atomic E-state index is 14.3. The zero-order valence-electron chi connectivity index (χ0n) is 15.3. The molecule has 3 nitrogen and oxygen atoms in total. The lowest BCUT2D eigenvalue weighted by atomic mass is 9.87. The average Bonchev–Trinajstić information content (AvgIpc) is 3.13. The van der Waals surface area contributed by atoms with Crippen molar-refractivity contribution in [2.45, 2.75) is 18.9 Å². The van der Waals surface area contributed by atoms with E-state index in [4.69, 9.17) is 12.2 Å². The van der Waals surface area contributed by atoms with E-state index >= 15 is 0 Å². The first-order valence-electron chi connectivity index (χ1n) is 8.99. The van der Waals surface area contributed by atoms with Crippen molar-refractivity contribution in [1.82, 2.24) is 9.78 Å². The van der Waals surface area contributed by atoms with E-state index in [0.29, 0.717) is 5.56 Å². The standard InChI is InChI=1S/C23H19FN2OS/c1-16-7-9-17(10-8-16)14-23(27,22(24)28)19-11-12-21-18(13-19)15-25-26(21)20-5-3-2-4-6-20/h2-13,15,27H,14H2,1H3. The highest BCUT2D eigenvalue weighted by Crippen LogP contribution is 2.31. The maximum Gasteiger partial charge on any atom is 0.199 e. The van der Waals surface area contributed by atoms with Gasteiger partial charge < -0.3 is 5.11 Å². The van der Waals surface area contributed by atoms with Crippen LogP contribution >= 0.6 is 12.2 Å². The molecule has 0 fully saturated rings. The van der Waals surface area contributed by atoms with Gasteiger partial charge in [-0.05, 0) is 54.5 Å². The Morgan fingerprint density at radius 2 is 1.79 bits per heavy atom. The van der Waals surface area contributed by atoms with E-state index < -0.39 is 10.7 Å². The van der Waals surface area contributed by atoms with Crippen LogP contribution in [0.25, 0.3) is 16.6 Å². The smallest absolute Gasteiger partial charge is 0.199 e. The Kier molecular flexibility index (Phi) is 4.79. The van der Waals surface area contributed by atoms with Crippen molar-refractivity contribution in [2.24, 2.45) is 0 Å². The lowest BCUT2D eigenvalue weighted by Crippen LogP contribution is -2.34. The van der Waals surface area contributed by atoms with E-state index in [9.17, 15) is 9.50 Å². The van der Waals surface area contributed by atoms with Gasteiger partial charge in [0.05, 0.1) is 17.4 Å². The van der Waals surface area contributed by atoms with Crippen molar-refractivity contribution in [3.8, 4) is 5.69 Å². The summed E-state index contributed by atoms with van der Waals surface area (Å²) >= 11 is 4.80. The summed E-state index contributed by atoms with van der Waals surface area (Å²) in [5.41, 5.74) is 2.27. The number of aliphatic hydroxyl groups is 1. The number of nitrogens with zero attached hydrogens (tertiary/aromatic N) is 2.